The number of hydrogen-bond acceptors (Lipinski definition) is 7. The lowest BCUT2D eigenvalue weighted by molar-refractivity contribution is -0.145. The van der Waals surface area contributed by atoms with E-state index in [4.69, 9.17) is 0 Å². The van der Waals surface area contributed by atoms with E-state index in [0.29, 0.717) is 48.1 Å². The quantitative estimate of drug-likeness (QED) is 0.639. The summed E-state index contributed by atoms with van der Waals surface area (Å²) in [6.45, 7) is 6.73. The molecule has 2 aliphatic heterocycles. The van der Waals surface area contributed by atoms with Crippen LogP contribution in [0, 0.1) is 12.3 Å². The molecule has 0 atom stereocenters. The topological polar surface area (TPSA) is 95.8 Å². The minimum atomic E-state index is -4.57. The van der Waals surface area contributed by atoms with Gasteiger partial charge in [-0.3, -0.25) is 14.5 Å². The zero-order valence-corrected chi connectivity index (χ0v) is 18.5. The summed E-state index contributed by atoms with van der Waals surface area (Å²) in [6.07, 6.45) is -0.460. The van der Waals surface area contributed by atoms with Crippen LogP contribution in [0.4, 0.5) is 24.9 Å². The summed E-state index contributed by atoms with van der Waals surface area (Å²) in [7, 11) is 0. The highest BCUT2D eigenvalue weighted by atomic mass is 19.4. The number of piperidine rings is 1. The van der Waals surface area contributed by atoms with E-state index in [0.717, 1.165) is 32.4 Å². The number of alkyl halides is 3. The first-order valence-corrected chi connectivity index (χ1v) is 11.1. The summed E-state index contributed by atoms with van der Waals surface area (Å²) in [5.41, 5.74) is 0.675. The smallest absolute Gasteiger partial charge is 0.356 e. The van der Waals surface area contributed by atoms with E-state index in [2.05, 4.69) is 30.0 Å². The lowest BCUT2D eigenvalue weighted by atomic mass is 9.78. The molecule has 0 bridgehead atoms. The van der Waals surface area contributed by atoms with Gasteiger partial charge in [0.1, 0.15) is 11.2 Å². The van der Waals surface area contributed by atoms with E-state index < -0.39 is 12.0 Å². The van der Waals surface area contributed by atoms with Crippen LogP contribution in [0.1, 0.15) is 37.7 Å². The molecule has 176 valence electrons. The lowest BCUT2D eigenvalue weighted by Crippen LogP contribution is -2.44. The van der Waals surface area contributed by atoms with Crippen molar-refractivity contribution in [1.29, 1.82) is 0 Å². The predicted molar refractivity (Wildman–Crippen MR) is 116 cm³/mol. The van der Waals surface area contributed by atoms with E-state index in [1.807, 2.05) is 11.8 Å². The van der Waals surface area contributed by atoms with Gasteiger partial charge in [0.25, 0.3) is 5.56 Å². The molecule has 12 heteroatoms. The van der Waals surface area contributed by atoms with Crippen molar-refractivity contribution in [3.63, 3.8) is 0 Å². The van der Waals surface area contributed by atoms with Crippen LogP contribution in [0.15, 0.2) is 17.1 Å². The van der Waals surface area contributed by atoms with Crippen molar-refractivity contribution in [2.45, 2.75) is 45.8 Å². The third-order valence-electron chi connectivity index (χ3n) is 6.83. The molecule has 0 unspecified atom stereocenters. The molecule has 3 aromatic heterocycles. The monoisotopic (exact) mass is 462 g/mol. The van der Waals surface area contributed by atoms with Crippen LogP contribution in [0.3, 0.4) is 0 Å². The summed E-state index contributed by atoms with van der Waals surface area (Å²) in [6, 6.07) is 1.62. The molecule has 2 aliphatic rings. The van der Waals surface area contributed by atoms with E-state index >= 15 is 0 Å². The van der Waals surface area contributed by atoms with Crippen molar-refractivity contribution >= 4 is 22.8 Å². The number of H-pyrrole nitrogens is 1. The molecule has 2 fully saturated rings. The van der Waals surface area contributed by atoms with Crippen molar-refractivity contribution in [2.24, 2.45) is 5.41 Å². The molecule has 0 radical (unpaired) electrons. The van der Waals surface area contributed by atoms with Crippen molar-refractivity contribution in [3.8, 4) is 0 Å². The van der Waals surface area contributed by atoms with Gasteiger partial charge in [-0.25, -0.2) is 9.97 Å². The molecule has 1 spiro atoms. The Balaban J connectivity index is 1.34. The van der Waals surface area contributed by atoms with Crippen LogP contribution < -0.4 is 15.4 Å². The van der Waals surface area contributed by atoms with Gasteiger partial charge in [-0.15, -0.1) is 0 Å². The number of aryl methyl sites for hydroxylation is 1. The molecule has 5 rings (SSSR count). The number of aromatic amines is 1. The third kappa shape index (κ3) is 3.80. The van der Waals surface area contributed by atoms with E-state index in [9.17, 15) is 18.0 Å². The number of aromatic nitrogens is 6. The molecule has 0 amide bonds. The molecule has 1 N–H and O–H groups in total. The largest absolute Gasteiger partial charge is 0.451 e. The minimum Gasteiger partial charge on any atom is -0.356 e. The van der Waals surface area contributed by atoms with Gasteiger partial charge in [-0.1, -0.05) is 0 Å². The minimum absolute atomic E-state index is 0.00315. The Morgan fingerprint density at radius 2 is 1.79 bits per heavy atom. The van der Waals surface area contributed by atoms with Crippen LogP contribution in [0.25, 0.3) is 11.0 Å². The summed E-state index contributed by atoms with van der Waals surface area (Å²) < 4.78 is 41.2. The molecule has 0 aliphatic carbocycles. The zero-order chi connectivity index (χ0) is 23.4. The Morgan fingerprint density at radius 1 is 1.09 bits per heavy atom. The number of hydrogen-bond donors (Lipinski definition) is 1. The Hall–Kier alpha value is -3.18. The van der Waals surface area contributed by atoms with Crippen molar-refractivity contribution in [3.05, 3.63) is 34.1 Å². The fourth-order valence-electron chi connectivity index (χ4n) is 5.00. The van der Waals surface area contributed by atoms with Gasteiger partial charge in [0.15, 0.2) is 5.65 Å². The van der Waals surface area contributed by atoms with Gasteiger partial charge in [0.05, 0.1) is 6.20 Å². The zero-order valence-electron chi connectivity index (χ0n) is 18.5. The van der Waals surface area contributed by atoms with E-state index in [1.54, 1.807) is 17.6 Å². The maximum absolute atomic E-state index is 13.2. The van der Waals surface area contributed by atoms with Crippen LogP contribution in [-0.4, -0.2) is 55.9 Å². The maximum atomic E-state index is 13.2. The highest BCUT2D eigenvalue weighted by Gasteiger charge is 2.42. The molecule has 5 heterocycles. The molecule has 9 nitrogen and oxygen atoms in total. The standard InChI is InChI=1S/C21H25F3N8O/c1-3-32-17(33)14-11-25-29-16(14)28-19(32)30-7-4-20(5-8-30)6-9-31(12-20)15-10-13(2)26-18(27-15)21(22,23)24/h10-11H,3-9,12H2,1-2H3,(H,25,29). The van der Waals surface area contributed by atoms with Crippen molar-refractivity contribution < 1.29 is 13.2 Å². The number of rotatable bonds is 3. The average Bonchev–Trinajstić information content (AvgIpc) is 3.41. The maximum Gasteiger partial charge on any atom is 0.451 e. The second-order valence-corrected chi connectivity index (χ2v) is 8.94. The van der Waals surface area contributed by atoms with Crippen LogP contribution in [-0.2, 0) is 12.7 Å². The number of fused-ring (bicyclic) bond motifs is 1. The molecule has 0 aromatic carbocycles. The summed E-state index contributed by atoms with van der Waals surface area (Å²) in [5.74, 6) is -0.128. The Bertz CT molecular complexity index is 1240. The van der Waals surface area contributed by atoms with Gasteiger partial charge >= 0.3 is 6.18 Å². The summed E-state index contributed by atoms with van der Waals surface area (Å²) in [5, 5.41) is 7.20. The van der Waals surface area contributed by atoms with Crippen LogP contribution in [0.5, 0.6) is 0 Å². The molecular formula is C21H25F3N8O. The third-order valence-corrected chi connectivity index (χ3v) is 6.83. The molecule has 33 heavy (non-hydrogen) atoms. The number of halogens is 3. The summed E-state index contributed by atoms with van der Waals surface area (Å²) >= 11 is 0. The van der Waals surface area contributed by atoms with E-state index in [-0.39, 0.29) is 11.0 Å². The normalized spacial score (nSPS) is 18.6. The second-order valence-electron chi connectivity index (χ2n) is 8.94. The number of nitrogens with one attached hydrogen (secondary N) is 1. The molecular weight excluding hydrogens is 437 g/mol. The fraction of sp³-hybridized carbons (Fsp3) is 0.571. The second kappa shape index (κ2) is 7.70. The summed E-state index contributed by atoms with van der Waals surface area (Å²) in [4.78, 5) is 28.9. The number of nitrogens with zero attached hydrogens (tertiary/aromatic N) is 7. The van der Waals surface area contributed by atoms with Gasteiger partial charge in [-0.2, -0.15) is 23.3 Å². The predicted octanol–water partition coefficient (Wildman–Crippen LogP) is 2.75. The van der Waals surface area contributed by atoms with Crippen LogP contribution >= 0.6 is 0 Å². The Morgan fingerprint density at radius 3 is 2.45 bits per heavy atom. The Labute approximate surface area is 187 Å². The fourth-order valence-corrected chi connectivity index (χ4v) is 5.00. The lowest BCUT2D eigenvalue weighted by Gasteiger charge is -2.40. The van der Waals surface area contributed by atoms with Gasteiger partial charge < -0.3 is 9.80 Å². The van der Waals surface area contributed by atoms with Gasteiger partial charge in [-0.05, 0) is 38.5 Å². The number of anilines is 2. The molecule has 3 aromatic rings. The first kappa shape index (κ1) is 21.7. The van der Waals surface area contributed by atoms with Crippen molar-refractivity contribution in [2.75, 3.05) is 36.0 Å². The highest BCUT2D eigenvalue weighted by Crippen LogP contribution is 2.42. The molecule has 2 saturated heterocycles. The first-order valence-electron chi connectivity index (χ1n) is 11.1. The SMILES string of the molecule is CCn1c(N2CCC3(CCN(c4cc(C)nc(C(F)(F)F)n4)C3)CC2)nc2[nH]ncc2c1=O. The highest BCUT2D eigenvalue weighted by molar-refractivity contribution is 5.74. The van der Waals surface area contributed by atoms with E-state index in [1.165, 1.54) is 6.20 Å². The van der Waals surface area contributed by atoms with Crippen molar-refractivity contribution in [1.82, 2.24) is 29.7 Å². The Kier molecular flexibility index (Phi) is 5.05. The van der Waals surface area contributed by atoms with Crippen LogP contribution in [0.2, 0.25) is 0 Å². The first-order chi connectivity index (χ1) is 15.7. The molecule has 0 saturated carbocycles. The average molecular weight is 462 g/mol. The van der Waals surface area contributed by atoms with Gasteiger partial charge in [0, 0.05) is 44.5 Å². The van der Waals surface area contributed by atoms with Gasteiger partial charge in [0.2, 0.25) is 11.8 Å².